The SMILES string of the molecule is COc1ccc(C)cc1[C@H](C)NC(=O)CCNS(=O)(=O)c1ccc(C)c(C)c1. The molecule has 7 heteroatoms. The van der Waals surface area contributed by atoms with Gasteiger partial charge in [0.1, 0.15) is 5.75 Å². The molecule has 0 aromatic heterocycles. The monoisotopic (exact) mass is 404 g/mol. The number of benzene rings is 2. The van der Waals surface area contributed by atoms with Crippen molar-refractivity contribution >= 4 is 15.9 Å². The van der Waals surface area contributed by atoms with Crippen molar-refractivity contribution < 1.29 is 17.9 Å². The summed E-state index contributed by atoms with van der Waals surface area (Å²) in [4.78, 5) is 12.4. The second-order valence-electron chi connectivity index (χ2n) is 6.93. The number of ether oxygens (including phenoxy) is 1. The first kappa shape index (κ1) is 21.9. The summed E-state index contributed by atoms with van der Waals surface area (Å²) in [5.74, 6) is 0.465. The van der Waals surface area contributed by atoms with Crippen molar-refractivity contribution in [2.45, 2.75) is 45.1 Å². The Hall–Kier alpha value is -2.38. The van der Waals surface area contributed by atoms with Crippen molar-refractivity contribution in [1.82, 2.24) is 10.0 Å². The highest BCUT2D eigenvalue weighted by molar-refractivity contribution is 7.89. The van der Waals surface area contributed by atoms with E-state index in [0.717, 1.165) is 22.3 Å². The summed E-state index contributed by atoms with van der Waals surface area (Å²) in [6.45, 7) is 7.66. The molecule has 0 saturated heterocycles. The number of amides is 1. The van der Waals surface area contributed by atoms with Crippen molar-refractivity contribution in [3.63, 3.8) is 0 Å². The topological polar surface area (TPSA) is 84.5 Å². The van der Waals surface area contributed by atoms with E-state index < -0.39 is 10.0 Å². The van der Waals surface area contributed by atoms with E-state index in [9.17, 15) is 13.2 Å². The number of carbonyl (C=O) groups is 1. The fourth-order valence-electron chi connectivity index (χ4n) is 2.85. The molecular weight excluding hydrogens is 376 g/mol. The van der Waals surface area contributed by atoms with Crippen LogP contribution < -0.4 is 14.8 Å². The van der Waals surface area contributed by atoms with Crippen molar-refractivity contribution in [2.75, 3.05) is 13.7 Å². The van der Waals surface area contributed by atoms with Gasteiger partial charge in [-0.1, -0.05) is 23.8 Å². The Balaban J connectivity index is 1.93. The van der Waals surface area contributed by atoms with Crippen LogP contribution in [0.25, 0.3) is 0 Å². The quantitative estimate of drug-likeness (QED) is 0.708. The predicted molar refractivity (Wildman–Crippen MR) is 110 cm³/mol. The fraction of sp³-hybridized carbons (Fsp3) is 0.381. The van der Waals surface area contributed by atoms with Crippen LogP contribution in [0.4, 0.5) is 0 Å². The van der Waals surface area contributed by atoms with Gasteiger partial charge in [-0.3, -0.25) is 4.79 Å². The minimum Gasteiger partial charge on any atom is -0.496 e. The number of hydrogen-bond acceptors (Lipinski definition) is 4. The van der Waals surface area contributed by atoms with E-state index in [2.05, 4.69) is 10.0 Å². The van der Waals surface area contributed by atoms with Gasteiger partial charge in [-0.25, -0.2) is 13.1 Å². The fourth-order valence-corrected chi connectivity index (χ4v) is 3.96. The third-order valence-corrected chi connectivity index (χ3v) is 6.12. The van der Waals surface area contributed by atoms with Crippen molar-refractivity contribution in [1.29, 1.82) is 0 Å². The maximum Gasteiger partial charge on any atom is 0.240 e. The highest BCUT2D eigenvalue weighted by atomic mass is 32.2. The Morgan fingerprint density at radius 2 is 1.79 bits per heavy atom. The molecule has 28 heavy (non-hydrogen) atoms. The molecule has 1 amide bonds. The van der Waals surface area contributed by atoms with Gasteiger partial charge in [0.15, 0.2) is 0 Å². The molecule has 6 nitrogen and oxygen atoms in total. The lowest BCUT2D eigenvalue weighted by Crippen LogP contribution is -2.32. The molecular formula is C21H28N2O4S. The standard InChI is InChI=1S/C21H28N2O4S/c1-14-6-9-20(27-5)19(12-14)17(4)23-21(24)10-11-22-28(25,26)18-8-7-15(2)16(3)13-18/h6-9,12-13,17,22H,10-11H2,1-5H3,(H,23,24)/t17-/m0/s1. The van der Waals surface area contributed by atoms with E-state index in [1.807, 2.05) is 45.9 Å². The van der Waals surface area contributed by atoms with E-state index in [4.69, 9.17) is 4.74 Å². The van der Waals surface area contributed by atoms with Gasteiger partial charge in [0, 0.05) is 18.5 Å². The summed E-state index contributed by atoms with van der Waals surface area (Å²) in [5, 5.41) is 2.89. The predicted octanol–water partition coefficient (Wildman–Crippen LogP) is 3.17. The lowest BCUT2D eigenvalue weighted by Gasteiger charge is -2.18. The summed E-state index contributed by atoms with van der Waals surface area (Å²) >= 11 is 0. The molecule has 0 radical (unpaired) electrons. The molecule has 0 bridgehead atoms. The number of aryl methyl sites for hydroxylation is 3. The van der Waals surface area contributed by atoms with Gasteiger partial charge >= 0.3 is 0 Å². The van der Waals surface area contributed by atoms with Crippen LogP contribution in [0.1, 0.15) is 41.6 Å². The summed E-state index contributed by atoms with van der Waals surface area (Å²) in [6, 6.07) is 10.5. The molecule has 2 aromatic rings. The third-order valence-electron chi connectivity index (χ3n) is 4.66. The van der Waals surface area contributed by atoms with E-state index >= 15 is 0 Å². The Bertz CT molecular complexity index is 955. The molecule has 0 fully saturated rings. The normalized spacial score (nSPS) is 12.5. The van der Waals surface area contributed by atoms with Crippen LogP contribution in [0, 0.1) is 20.8 Å². The number of rotatable bonds is 8. The van der Waals surface area contributed by atoms with E-state index in [-0.39, 0.29) is 29.8 Å². The molecule has 2 aromatic carbocycles. The van der Waals surface area contributed by atoms with Crippen molar-refractivity contribution in [3.8, 4) is 5.75 Å². The lowest BCUT2D eigenvalue weighted by molar-refractivity contribution is -0.121. The highest BCUT2D eigenvalue weighted by Gasteiger charge is 2.17. The third kappa shape index (κ3) is 5.56. The first-order chi connectivity index (χ1) is 13.1. The summed E-state index contributed by atoms with van der Waals surface area (Å²) < 4.78 is 32.6. The summed E-state index contributed by atoms with van der Waals surface area (Å²) in [7, 11) is -2.05. The van der Waals surface area contributed by atoms with Crippen LogP contribution in [0.15, 0.2) is 41.3 Å². The Morgan fingerprint density at radius 3 is 2.43 bits per heavy atom. The second kappa shape index (κ2) is 9.21. The number of carbonyl (C=O) groups excluding carboxylic acids is 1. The van der Waals surface area contributed by atoms with Gasteiger partial charge in [-0.05, 0) is 57.0 Å². The average molecular weight is 405 g/mol. The molecule has 0 aliphatic rings. The minimum absolute atomic E-state index is 0.0266. The van der Waals surface area contributed by atoms with Gasteiger partial charge in [-0.15, -0.1) is 0 Å². The molecule has 0 unspecified atom stereocenters. The van der Waals surface area contributed by atoms with E-state index in [1.54, 1.807) is 25.3 Å². The van der Waals surface area contributed by atoms with Crippen LogP contribution in [-0.4, -0.2) is 28.0 Å². The molecule has 0 spiro atoms. The van der Waals surface area contributed by atoms with Crippen molar-refractivity contribution in [3.05, 3.63) is 58.7 Å². The first-order valence-electron chi connectivity index (χ1n) is 9.15. The van der Waals surface area contributed by atoms with Crippen molar-refractivity contribution in [2.24, 2.45) is 0 Å². The van der Waals surface area contributed by atoms with Crippen LogP contribution in [0.2, 0.25) is 0 Å². The Morgan fingerprint density at radius 1 is 1.07 bits per heavy atom. The molecule has 1 atom stereocenters. The molecule has 0 aliphatic carbocycles. The van der Waals surface area contributed by atoms with E-state index in [1.165, 1.54) is 0 Å². The molecule has 0 saturated carbocycles. The van der Waals surface area contributed by atoms with Gasteiger partial charge < -0.3 is 10.1 Å². The molecule has 152 valence electrons. The number of nitrogens with one attached hydrogen (secondary N) is 2. The first-order valence-corrected chi connectivity index (χ1v) is 10.6. The Labute approximate surface area is 167 Å². The zero-order chi connectivity index (χ0) is 20.9. The molecule has 0 heterocycles. The minimum atomic E-state index is -3.64. The smallest absolute Gasteiger partial charge is 0.240 e. The number of sulfonamides is 1. The average Bonchev–Trinajstić information content (AvgIpc) is 2.63. The van der Waals surface area contributed by atoms with Crippen LogP contribution in [0.5, 0.6) is 5.75 Å². The maximum atomic E-state index is 12.4. The highest BCUT2D eigenvalue weighted by Crippen LogP contribution is 2.26. The van der Waals surface area contributed by atoms with Gasteiger partial charge in [0.25, 0.3) is 0 Å². The largest absolute Gasteiger partial charge is 0.496 e. The van der Waals surface area contributed by atoms with E-state index in [0.29, 0.717) is 5.75 Å². The van der Waals surface area contributed by atoms with Crippen LogP contribution in [0.3, 0.4) is 0 Å². The molecule has 2 rings (SSSR count). The lowest BCUT2D eigenvalue weighted by atomic mass is 10.0. The number of hydrogen-bond donors (Lipinski definition) is 2. The zero-order valence-corrected chi connectivity index (χ0v) is 17.8. The van der Waals surface area contributed by atoms with Gasteiger partial charge in [-0.2, -0.15) is 0 Å². The van der Waals surface area contributed by atoms with Gasteiger partial charge in [0.2, 0.25) is 15.9 Å². The van der Waals surface area contributed by atoms with Gasteiger partial charge in [0.05, 0.1) is 18.0 Å². The number of methoxy groups -OCH3 is 1. The summed E-state index contributed by atoms with van der Waals surface area (Å²) in [5.41, 5.74) is 3.88. The maximum absolute atomic E-state index is 12.4. The summed E-state index contributed by atoms with van der Waals surface area (Å²) in [6.07, 6.45) is 0.0442. The van der Waals surface area contributed by atoms with Crippen LogP contribution in [-0.2, 0) is 14.8 Å². The Kier molecular flexibility index (Phi) is 7.21. The molecule has 0 aliphatic heterocycles. The second-order valence-corrected chi connectivity index (χ2v) is 8.70. The van der Waals surface area contributed by atoms with Crippen LogP contribution >= 0.6 is 0 Å². The molecule has 2 N–H and O–H groups in total. The zero-order valence-electron chi connectivity index (χ0n) is 17.0.